The molecule has 2 saturated heterocycles. The standard InChI is InChI=1S/C14H28N2/c1-3-4-7-12(2)15-13-9-11-16-10-6-5-8-14(13)16/h12-15H,3-11H2,1-2H3. The van der Waals surface area contributed by atoms with E-state index < -0.39 is 0 Å². The molecular weight excluding hydrogens is 196 g/mol. The zero-order valence-corrected chi connectivity index (χ0v) is 11.0. The lowest BCUT2D eigenvalue weighted by molar-refractivity contribution is 0.176. The van der Waals surface area contributed by atoms with Crippen LogP contribution in [0.15, 0.2) is 0 Å². The van der Waals surface area contributed by atoms with Crippen molar-refractivity contribution in [2.24, 2.45) is 0 Å². The van der Waals surface area contributed by atoms with E-state index in [1.807, 2.05) is 0 Å². The highest BCUT2D eigenvalue weighted by Gasteiger charge is 2.35. The molecular formula is C14H28N2. The first-order chi connectivity index (χ1) is 7.81. The molecule has 2 fully saturated rings. The second kappa shape index (κ2) is 6.02. The first kappa shape index (κ1) is 12.4. The largest absolute Gasteiger partial charge is 0.310 e. The van der Waals surface area contributed by atoms with Gasteiger partial charge in [-0.1, -0.05) is 26.2 Å². The Morgan fingerprint density at radius 2 is 2.12 bits per heavy atom. The highest BCUT2D eigenvalue weighted by molar-refractivity contribution is 4.94. The van der Waals surface area contributed by atoms with E-state index in [-0.39, 0.29) is 0 Å². The molecule has 0 radical (unpaired) electrons. The van der Waals surface area contributed by atoms with Gasteiger partial charge in [-0.15, -0.1) is 0 Å². The Morgan fingerprint density at radius 1 is 1.25 bits per heavy atom. The van der Waals surface area contributed by atoms with Crippen LogP contribution in [0.25, 0.3) is 0 Å². The first-order valence-corrected chi connectivity index (χ1v) is 7.31. The van der Waals surface area contributed by atoms with Crippen molar-refractivity contribution in [1.29, 1.82) is 0 Å². The SMILES string of the molecule is CCCCC(C)NC1CCN2CCCCC12. The Balaban J connectivity index is 1.76. The van der Waals surface area contributed by atoms with Crippen LogP contribution in [0.4, 0.5) is 0 Å². The van der Waals surface area contributed by atoms with Gasteiger partial charge < -0.3 is 5.32 Å². The van der Waals surface area contributed by atoms with Crippen LogP contribution in [0.1, 0.15) is 58.8 Å². The lowest BCUT2D eigenvalue weighted by atomic mass is 9.98. The number of unbranched alkanes of at least 4 members (excludes halogenated alkanes) is 1. The third kappa shape index (κ3) is 2.98. The molecule has 0 saturated carbocycles. The molecule has 0 aliphatic carbocycles. The molecule has 0 aromatic rings. The average molecular weight is 224 g/mol. The second-order valence-corrected chi connectivity index (χ2v) is 5.70. The molecule has 0 spiro atoms. The smallest absolute Gasteiger partial charge is 0.0249 e. The van der Waals surface area contributed by atoms with Crippen LogP contribution in [-0.2, 0) is 0 Å². The van der Waals surface area contributed by atoms with Gasteiger partial charge in [0.05, 0.1) is 0 Å². The summed E-state index contributed by atoms with van der Waals surface area (Å²) in [6.45, 7) is 7.33. The van der Waals surface area contributed by atoms with E-state index in [1.54, 1.807) is 0 Å². The zero-order chi connectivity index (χ0) is 11.4. The predicted molar refractivity (Wildman–Crippen MR) is 69.7 cm³/mol. The van der Waals surface area contributed by atoms with Gasteiger partial charge in [0.15, 0.2) is 0 Å². The molecule has 2 rings (SSSR count). The molecule has 94 valence electrons. The van der Waals surface area contributed by atoms with Gasteiger partial charge in [0.25, 0.3) is 0 Å². The maximum Gasteiger partial charge on any atom is 0.0249 e. The van der Waals surface area contributed by atoms with Crippen molar-refractivity contribution in [2.75, 3.05) is 13.1 Å². The summed E-state index contributed by atoms with van der Waals surface area (Å²) in [5.41, 5.74) is 0. The van der Waals surface area contributed by atoms with Gasteiger partial charge >= 0.3 is 0 Å². The lowest BCUT2D eigenvalue weighted by Crippen LogP contribution is -2.47. The van der Waals surface area contributed by atoms with E-state index >= 15 is 0 Å². The summed E-state index contributed by atoms with van der Waals surface area (Å²) in [6.07, 6.45) is 9.72. The molecule has 3 unspecified atom stereocenters. The molecule has 0 bridgehead atoms. The number of rotatable bonds is 5. The van der Waals surface area contributed by atoms with Gasteiger partial charge in [-0.2, -0.15) is 0 Å². The quantitative estimate of drug-likeness (QED) is 0.772. The zero-order valence-electron chi connectivity index (χ0n) is 11.0. The highest BCUT2D eigenvalue weighted by atomic mass is 15.2. The molecule has 2 aliphatic rings. The minimum atomic E-state index is 0.715. The van der Waals surface area contributed by atoms with E-state index in [1.165, 1.54) is 58.0 Å². The van der Waals surface area contributed by atoms with Crippen molar-refractivity contribution >= 4 is 0 Å². The summed E-state index contributed by atoms with van der Waals surface area (Å²) in [7, 11) is 0. The summed E-state index contributed by atoms with van der Waals surface area (Å²) in [5.74, 6) is 0. The Labute approximate surface area is 101 Å². The third-order valence-corrected chi connectivity index (χ3v) is 4.35. The van der Waals surface area contributed by atoms with E-state index in [4.69, 9.17) is 0 Å². The van der Waals surface area contributed by atoms with Crippen molar-refractivity contribution in [3.8, 4) is 0 Å². The van der Waals surface area contributed by atoms with Gasteiger partial charge in [-0.05, 0) is 39.2 Å². The number of nitrogens with one attached hydrogen (secondary N) is 1. The van der Waals surface area contributed by atoms with Crippen LogP contribution in [0.3, 0.4) is 0 Å². The Morgan fingerprint density at radius 3 is 2.94 bits per heavy atom. The van der Waals surface area contributed by atoms with E-state index in [9.17, 15) is 0 Å². The minimum absolute atomic E-state index is 0.715. The van der Waals surface area contributed by atoms with Crippen molar-refractivity contribution in [3.05, 3.63) is 0 Å². The van der Waals surface area contributed by atoms with E-state index in [0.717, 1.165) is 12.1 Å². The summed E-state index contributed by atoms with van der Waals surface area (Å²) in [5, 5.41) is 3.87. The summed E-state index contributed by atoms with van der Waals surface area (Å²) < 4.78 is 0. The number of nitrogens with zero attached hydrogens (tertiary/aromatic N) is 1. The van der Waals surface area contributed by atoms with Crippen LogP contribution in [0.2, 0.25) is 0 Å². The molecule has 2 heteroatoms. The van der Waals surface area contributed by atoms with Crippen LogP contribution in [0, 0.1) is 0 Å². The van der Waals surface area contributed by atoms with Crippen LogP contribution in [-0.4, -0.2) is 36.1 Å². The van der Waals surface area contributed by atoms with Crippen molar-refractivity contribution in [2.45, 2.75) is 76.9 Å². The fourth-order valence-electron chi connectivity index (χ4n) is 3.40. The molecule has 2 heterocycles. The predicted octanol–water partition coefficient (Wildman–Crippen LogP) is 2.78. The second-order valence-electron chi connectivity index (χ2n) is 5.70. The monoisotopic (exact) mass is 224 g/mol. The van der Waals surface area contributed by atoms with E-state index in [0.29, 0.717) is 6.04 Å². The normalized spacial score (nSPS) is 32.6. The lowest BCUT2D eigenvalue weighted by Gasteiger charge is -2.33. The number of piperidine rings is 1. The van der Waals surface area contributed by atoms with Gasteiger partial charge in [-0.25, -0.2) is 0 Å². The number of hydrogen-bond donors (Lipinski definition) is 1. The molecule has 0 aromatic carbocycles. The van der Waals surface area contributed by atoms with Crippen molar-refractivity contribution < 1.29 is 0 Å². The maximum absolute atomic E-state index is 3.87. The van der Waals surface area contributed by atoms with Crippen LogP contribution in [0.5, 0.6) is 0 Å². The number of fused-ring (bicyclic) bond motifs is 1. The van der Waals surface area contributed by atoms with Gasteiger partial charge in [0.2, 0.25) is 0 Å². The Hall–Kier alpha value is -0.0800. The van der Waals surface area contributed by atoms with E-state index in [2.05, 4.69) is 24.1 Å². The van der Waals surface area contributed by atoms with Gasteiger partial charge in [0.1, 0.15) is 0 Å². The van der Waals surface area contributed by atoms with Gasteiger partial charge in [-0.3, -0.25) is 4.90 Å². The van der Waals surface area contributed by atoms with Crippen molar-refractivity contribution in [3.63, 3.8) is 0 Å². The topological polar surface area (TPSA) is 15.3 Å². The number of hydrogen-bond acceptors (Lipinski definition) is 2. The van der Waals surface area contributed by atoms with Gasteiger partial charge in [0, 0.05) is 24.7 Å². The molecule has 3 atom stereocenters. The Kier molecular flexibility index (Phi) is 4.66. The summed E-state index contributed by atoms with van der Waals surface area (Å²) in [4.78, 5) is 2.72. The molecule has 2 aliphatic heterocycles. The average Bonchev–Trinajstić information content (AvgIpc) is 2.70. The van der Waals surface area contributed by atoms with Crippen LogP contribution >= 0.6 is 0 Å². The fraction of sp³-hybridized carbons (Fsp3) is 1.00. The molecule has 16 heavy (non-hydrogen) atoms. The molecule has 0 aromatic heterocycles. The Bertz CT molecular complexity index is 205. The van der Waals surface area contributed by atoms with Crippen LogP contribution < -0.4 is 5.32 Å². The summed E-state index contributed by atoms with van der Waals surface area (Å²) >= 11 is 0. The third-order valence-electron chi connectivity index (χ3n) is 4.35. The molecule has 1 N–H and O–H groups in total. The molecule has 0 amide bonds. The summed E-state index contributed by atoms with van der Waals surface area (Å²) in [6, 6.07) is 2.36. The van der Waals surface area contributed by atoms with Crippen molar-refractivity contribution in [1.82, 2.24) is 10.2 Å². The minimum Gasteiger partial charge on any atom is -0.310 e. The highest BCUT2D eigenvalue weighted by Crippen LogP contribution is 2.27. The molecule has 2 nitrogen and oxygen atoms in total. The maximum atomic E-state index is 3.87. The fourth-order valence-corrected chi connectivity index (χ4v) is 3.40. The first-order valence-electron chi connectivity index (χ1n) is 7.31.